The highest BCUT2D eigenvalue weighted by atomic mass is 14.9. The first-order valence-corrected chi connectivity index (χ1v) is 7.50. The van der Waals surface area contributed by atoms with Crippen molar-refractivity contribution in [1.29, 1.82) is 0 Å². The summed E-state index contributed by atoms with van der Waals surface area (Å²) in [6.45, 7) is 8.82. The van der Waals surface area contributed by atoms with Crippen LogP contribution < -0.4 is 5.32 Å². The Hall–Kier alpha value is -1.60. The second kappa shape index (κ2) is 6.71. The van der Waals surface area contributed by atoms with Gasteiger partial charge >= 0.3 is 0 Å². The zero-order valence-corrected chi connectivity index (χ0v) is 13.0. The van der Waals surface area contributed by atoms with Crippen LogP contribution in [0.3, 0.4) is 0 Å². The lowest BCUT2D eigenvalue weighted by Gasteiger charge is -2.23. The highest BCUT2D eigenvalue weighted by molar-refractivity contribution is 5.31. The summed E-state index contributed by atoms with van der Waals surface area (Å²) in [4.78, 5) is 0. The van der Waals surface area contributed by atoms with Crippen LogP contribution in [0, 0.1) is 13.8 Å². The minimum atomic E-state index is 0.361. The van der Waals surface area contributed by atoms with Gasteiger partial charge in [-0.1, -0.05) is 55.5 Å². The van der Waals surface area contributed by atoms with E-state index < -0.39 is 0 Å². The third-order valence-corrected chi connectivity index (χ3v) is 4.09. The first kappa shape index (κ1) is 14.8. The fraction of sp³-hybridized carbons (Fsp3) is 0.368. The number of benzene rings is 2. The molecule has 0 aromatic heterocycles. The van der Waals surface area contributed by atoms with E-state index in [0.717, 1.165) is 6.42 Å². The number of hydrogen-bond acceptors (Lipinski definition) is 1. The van der Waals surface area contributed by atoms with Gasteiger partial charge < -0.3 is 5.32 Å². The largest absolute Gasteiger partial charge is 0.303 e. The molecule has 0 radical (unpaired) electrons. The molecule has 2 aromatic carbocycles. The molecule has 1 nitrogen and oxygen atoms in total. The average molecular weight is 267 g/mol. The van der Waals surface area contributed by atoms with E-state index in [1.54, 1.807) is 0 Å². The molecule has 2 unspecified atom stereocenters. The molecule has 20 heavy (non-hydrogen) atoms. The smallest absolute Gasteiger partial charge is 0.0323 e. The van der Waals surface area contributed by atoms with Crippen molar-refractivity contribution in [2.45, 2.75) is 46.2 Å². The van der Waals surface area contributed by atoms with Crippen LogP contribution in [0.2, 0.25) is 0 Å². The summed E-state index contributed by atoms with van der Waals surface area (Å²) in [5, 5.41) is 3.75. The zero-order valence-electron chi connectivity index (χ0n) is 13.0. The molecule has 0 aliphatic heterocycles. The molecular formula is C19H25N. The van der Waals surface area contributed by atoms with E-state index in [0.29, 0.717) is 12.1 Å². The van der Waals surface area contributed by atoms with Gasteiger partial charge in [0.25, 0.3) is 0 Å². The van der Waals surface area contributed by atoms with Crippen molar-refractivity contribution >= 4 is 0 Å². The van der Waals surface area contributed by atoms with Crippen molar-refractivity contribution in [2.75, 3.05) is 0 Å². The standard InChI is InChI=1S/C19H25N/c1-5-19(17-9-7-6-8-10-17)20-16(4)18-12-11-14(2)15(3)13-18/h6-13,16,19-20H,5H2,1-4H3. The fourth-order valence-corrected chi connectivity index (χ4v) is 2.57. The third-order valence-electron chi connectivity index (χ3n) is 4.09. The first-order valence-electron chi connectivity index (χ1n) is 7.50. The quantitative estimate of drug-likeness (QED) is 0.794. The highest BCUT2D eigenvalue weighted by Gasteiger charge is 2.13. The Morgan fingerprint density at radius 1 is 0.900 bits per heavy atom. The molecule has 0 fully saturated rings. The van der Waals surface area contributed by atoms with Crippen LogP contribution in [0.5, 0.6) is 0 Å². The molecule has 1 N–H and O–H groups in total. The van der Waals surface area contributed by atoms with Crippen LogP contribution in [-0.4, -0.2) is 0 Å². The second-order valence-corrected chi connectivity index (χ2v) is 5.60. The summed E-state index contributed by atoms with van der Waals surface area (Å²) in [5.41, 5.74) is 5.45. The molecule has 106 valence electrons. The van der Waals surface area contributed by atoms with Gasteiger partial charge in [0.15, 0.2) is 0 Å². The van der Waals surface area contributed by atoms with Crippen molar-refractivity contribution in [3.05, 3.63) is 70.8 Å². The maximum Gasteiger partial charge on any atom is 0.0323 e. The molecule has 0 amide bonds. The van der Waals surface area contributed by atoms with E-state index in [9.17, 15) is 0 Å². The molecule has 0 spiro atoms. The summed E-state index contributed by atoms with van der Waals surface area (Å²) in [6, 6.07) is 18.2. The minimum absolute atomic E-state index is 0.361. The molecule has 2 rings (SSSR count). The molecule has 0 bridgehead atoms. The summed E-state index contributed by atoms with van der Waals surface area (Å²) in [7, 11) is 0. The topological polar surface area (TPSA) is 12.0 Å². The summed E-state index contributed by atoms with van der Waals surface area (Å²) in [6.07, 6.45) is 1.10. The van der Waals surface area contributed by atoms with Crippen molar-refractivity contribution in [3.63, 3.8) is 0 Å². The Morgan fingerprint density at radius 2 is 1.60 bits per heavy atom. The van der Waals surface area contributed by atoms with Gasteiger partial charge in [0.1, 0.15) is 0 Å². The number of rotatable bonds is 5. The number of nitrogens with one attached hydrogen (secondary N) is 1. The van der Waals surface area contributed by atoms with E-state index >= 15 is 0 Å². The van der Waals surface area contributed by atoms with Gasteiger partial charge in [0.05, 0.1) is 0 Å². The van der Waals surface area contributed by atoms with Gasteiger partial charge in [0, 0.05) is 12.1 Å². The van der Waals surface area contributed by atoms with Gasteiger partial charge in [-0.3, -0.25) is 0 Å². The monoisotopic (exact) mass is 267 g/mol. The Kier molecular flexibility index (Phi) is 4.97. The van der Waals surface area contributed by atoms with Crippen molar-refractivity contribution in [3.8, 4) is 0 Å². The summed E-state index contributed by atoms with van der Waals surface area (Å²) in [5.74, 6) is 0. The third kappa shape index (κ3) is 3.49. The van der Waals surface area contributed by atoms with Gasteiger partial charge in [0.2, 0.25) is 0 Å². The lowest BCUT2D eigenvalue weighted by Crippen LogP contribution is -2.24. The van der Waals surface area contributed by atoms with Crippen molar-refractivity contribution < 1.29 is 0 Å². The maximum atomic E-state index is 3.75. The van der Waals surface area contributed by atoms with Crippen LogP contribution in [0.15, 0.2) is 48.5 Å². The number of aryl methyl sites for hydroxylation is 2. The molecule has 1 heteroatoms. The van der Waals surface area contributed by atoms with Crippen molar-refractivity contribution in [2.24, 2.45) is 0 Å². The minimum Gasteiger partial charge on any atom is -0.303 e. The summed E-state index contributed by atoms with van der Waals surface area (Å²) < 4.78 is 0. The molecule has 0 aliphatic rings. The maximum absolute atomic E-state index is 3.75. The summed E-state index contributed by atoms with van der Waals surface area (Å²) >= 11 is 0. The van der Waals surface area contributed by atoms with E-state index in [-0.39, 0.29) is 0 Å². The van der Waals surface area contributed by atoms with Crippen LogP contribution in [0.25, 0.3) is 0 Å². The molecule has 0 aliphatic carbocycles. The molecule has 0 saturated carbocycles. The van der Waals surface area contributed by atoms with Crippen LogP contribution in [0.1, 0.15) is 54.6 Å². The van der Waals surface area contributed by atoms with Crippen LogP contribution in [0.4, 0.5) is 0 Å². The Bertz CT molecular complexity index is 545. The molecule has 2 aromatic rings. The van der Waals surface area contributed by atoms with E-state index in [1.807, 2.05) is 0 Å². The molecule has 0 saturated heterocycles. The van der Waals surface area contributed by atoms with Crippen LogP contribution >= 0.6 is 0 Å². The Labute approximate surface area is 123 Å². The van der Waals surface area contributed by atoms with E-state index in [4.69, 9.17) is 0 Å². The van der Waals surface area contributed by atoms with Gasteiger partial charge in [-0.15, -0.1) is 0 Å². The van der Waals surface area contributed by atoms with Gasteiger partial charge in [-0.2, -0.15) is 0 Å². The first-order chi connectivity index (χ1) is 9.61. The van der Waals surface area contributed by atoms with Gasteiger partial charge in [-0.05, 0) is 49.4 Å². The lowest BCUT2D eigenvalue weighted by molar-refractivity contribution is 0.456. The normalized spacial score (nSPS) is 14.0. The van der Waals surface area contributed by atoms with Gasteiger partial charge in [-0.25, -0.2) is 0 Å². The average Bonchev–Trinajstić information content (AvgIpc) is 2.48. The fourth-order valence-electron chi connectivity index (χ4n) is 2.57. The second-order valence-electron chi connectivity index (χ2n) is 5.60. The zero-order chi connectivity index (χ0) is 14.5. The van der Waals surface area contributed by atoms with E-state index in [1.165, 1.54) is 22.3 Å². The lowest BCUT2D eigenvalue weighted by atomic mass is 9.99. The predicted octanol–water partition coefficient (Wildman–Crippen LogP) is 5.11. The highest BCUT2D eigenvalue weighted by Crippen LogP contribution is 2.23. The van der Waals surface area contributed by atoms with Crippen molar-refractivity contribution in [1.82, 2.24) is 5.32 Å². The SMILES string of the molecule is CCC(NC(C)c1ccc(C)c(C)c1)c1ccccc1. The van der Waals surface area contributed by atoms with Crippen LogP contribution in [-0.2, 0) is 0 Å². The molecular weight excluding hydrogens is 242 g/mol. The Morgan fingerprint density at radius 3 is 2.20 bits per heavy atom. The number of hydrogen-bond donors (Lipinski definition) is 1. The molecule has 2 atom stereocenters. The predicted molar refractivity (Wildman–Crippen MR) is 86.9 cm³/mol. The Balaban J connectivity index is 2.13. The van der Waals surface area contributed by atoms with E-state index in [2.05, 4.69) is 81.5 Å². The molecule has 0 heterocycles.